The van der Waals surface area contributed by atoms with Crippen molar-refractivity contribution in [3.8, 4) is 0 Å². The van der Waals surface area contributed by atoms with Gasteiger partial charge in [-0.15, -0.1) is 0 Å². The number of carbonyl (C=O) groups excluding carboxylic acids is 3. The van der Waals surface area contributed by atoms with Gasteiger partial charge in [0.05, 0.1) is 31.0 Å². The Balaban J connectivity index is 2.29. The molecule has 0 spiro atoms. The van der Waals surface area contributed by atoms with E-state index >= 15 is 0 Å². The first-order chi connectivity index (χ1) is 32.3. The van der Waals surface area contributed by atoms with Crippen molar-refractivity contribution >= 4 is 33.4 Å². The fourth-order valence-electron chi connectivity index (χ4n) is 8.14. The predicted molar refractivity (Wildman–Crippen MR) is 251 cm³/mol. The summed E-state index contributed by atoms with van der Waals surface area (Å²) in [6.07, 6.45) is 5.51. The number of hydrogen-bond acceptors (Lipinski definition) is 16. The van der Waals surface area contributed by atoms with E-state index in [1.807, 2.05) is 6.92 Å². The lowest BCUT2D eigenvalue weighted by Gasteiger charge is -2.38. The number of fused-ring (bicyclic) bond motifs is 4. The molecule has 1 heterocycles. The lowest BCUT2D eigenvalue weighted by molar-refractivity contribution is -0.165. The summed E-state index contributed by atoms with van der Waals surface area (Å²) < 4.78 is 52.1. The van der Waals surface area contributed by atoms with Gasteiger partial charge in [0.1, 0.15) is 36.8 Å². The molecule has 1 unspecified atom stereocenters. The number of rotatable bonds is 25. The van der Waals surface area contributed by atoms with Crippen LogP contribution in [-0.2, 0) is 46.6 Å². The van der Waals surface area contributed by atoms with E-state index in [9.17, 15) is 68.8 Å². The molecule has 19 nitrogen and oxygen atoms in total. The summed E-state index contributed by atoms with van der Waals surface area (Å²) in [4.78, 5) is 70.3. The molecule has 12 atom stereocenters. The molecule has 2 bridgehead atoms. The van der Waals surface area contributed by atoms with Crippen molar-refractivity contribution in [1.29, 1.82) is 0 Å². The second kappa shape index (κ2) is 34.2. The van der Waals surface area contributed by atoms with Crippen LogP contribution in [0.1, 0.15) is 162 Å². The minimum atomic E-state index is -5.78. The van der Waals surface area contributed by atoms with Crippen LogP contribution in [0.5, 0.6) is 0 Å². The van der Waals surface area contributed by atoms with Crippen LogP contribution in [-0.4, -0.2) is 131 Å². The maximum atomic E-state index is 13.7. The summed E-state index contributed by atoms with van der Waals surface area (Å²) in [5.74, 6) is -5.65. The van der Waals surface area contributed by atoms with Crippen LogP contribution in [0.15, 0.2) is 36.5 Å². The second-order valence-electron chi connectivity index (χ2n) is 17.9. The highest BCUT2D eigenvalue weighted by Crippen LogP contribution is 2.49. The summed E-state index contributed by atoms with van der Waals surface area (Å²) in [5.41, 5.74) is 0. The van der Waals surface area contributed by atoms with E-state index in [4.69, 9.17) is 23.0 Å². The molecule has 0 aromatic heterocycles. The molecule has 0 aromatic rings. The van der Waals surface area contributed by atoms with Crippen LogP contribution in [0.4, 0.5) is 0 Å². The standard InChI is InChI=1S/C47H82O19P2/c1-3-5-7-8-9-10-11-12-13-14-15-16-17-18-23-27-40(51)62-32-35-33-63-68(60,61)66-47-45(56)44(55)42(53)36(26-22-19-20-24-28-41(52)64-35)38(49)31-39(50)37(30-29-34(48)25-21-6-4-2)43(54)46(47)65-67(57,58)59/h5,7,19,22,29-30,34-37,39,42-48,50,53-56H,3-4,6,8-18,20-21,23-28,31-33H2,1-2H3,(H,60,61)(H2,57,58,59)/b7-5-,22-19-,30-29+/t34-,35+,36-,37-,39+,42+,43+,44-,45+,46+,47-/m0/s1. The van der Waals surface area contributed by atoms with Crippen molar-refractivity contribution in [2.75, 3.05) is 13.2 Å². The van der Waals surface area contributed by atoms with Gasteiger partial charge in [-0.25, -0.2) is 9.13 Å². The van der Waals surface area contributed by atoms with Crippen LogP contribution >= 0.6 is 15.6 Å². The summed E-state index contributed by atoms with van der Waals surface area (Å²) >= 11 is 0. The highest BCUT2D eigenvalue weighted by molar-refractivity contribution is 7.47. The minimum absolute atomic E-state index is 0.0507. The SMILES string of the molecule is CC/C=C\CCCCCCCCCCCCCC(=O)OC[C@@H]1COP(=O)(O)O[C@H]2[C@H](O)[C@@H](O)[C@H](O)[C@@H](C/C=C\CCCC(=O)O1)C(=O)C[C@@H](O)[C@H](/C=C/[C@@H](O)CCCCC)[C@@H](O)[C@H]2OP(=O)(O)O. The maximum absolute atomic E-state index is 13.7. The van der Waals surface area contributed by atoms with Gasteiger partial charge in [0, 0.05) is 31.1 Å². The lowest BCUT2D eigenvalue weighted by Crippen LogP contribution is -2.56. The number of ketones is 1. The summed E-state index contributed by atoms with van der Waals surface area (Å²) in [7, 11) is -11.5. The quantitative estimate of drug-likeness (QED) is 0.0216. The summed E-state index contributed by atoms with van der Waals surface area (Å²) in [6, 6.07) is 0. The van der Waals surface area contributed by atoms with Crippen LogP contribution in [0.3, 0.4) is 0 Å². The first kappa shape index (κ1) is 61.9. The molecule has 2 rings (SSSR count). The zero-order valence-corrected chi connectivity index (χ0v) is 41.8. The molecule has 21 heteroatoms. The van der Waals surface area contributed by atoms with Crippen LogP contribution in [0.2, 0.25) is 0 Å². The third kappa shape index (κ3) is 25.8. The molecule has 68 heavy (non-hydrogen) atoms. The third-order valence-corrected chi connectivity index (χ3v) is 13.6. The van der Waals surface area contributed by atoms with Crippen molar-refractivity contribution < 1.29 is 91.9 Å². The van der Waals surface area contributed by atoms with Gasteiger partial charge in [0.2, 0.25) is 0 Å². The highest BCUT2D eigenvalue weighted by Gasteiger charge is 2.51. The molecule has 1 fully saturated rings. The number of phosphoric ester groups is 2. The number of Topliss-reactive ketones (excluding diaryl/α,β-unsaturated/α-hetero) is 1. The zero-order valence-electron chi connectivity index (χ0n) is 40.0. The third-order valence-electron chi connectivity index (χ3n) is 12.1. The Morgan fingerprint density at radius 1 is 0.868 bits per heavy atom. The van der Waals surface area contributed by atoms with Gasteiger partial charge in [-0.1, -0.05) is 127 Å². The van der Waals surface area contributed by atoms with Gasteiger partial charge in [0.25, 0.3) is 0 Å². The molecular weight excluding hydrogens is 930 g/mol. The van der Waals surface area contributed by atoms with Crippen LogP contribution < -0.4 is 0 Å². The summed E-state index contributed by atoms with van der Waals surface area (Å²) in [5, 5.41) is 68.0. The molecule has 1 aliphatic heterocycles. The van der Waals surface area contributed by atoms with E-state index < -0.39 is 120 Å². The zero-order chi connectivity index (χ0) is 50.5. The molecule has 0 saturated heterocycles. The first-order valence-electron chi connectivity index (χ1n) is 24.6. The van der Waals surface area contributed by atoms with Gasteiger partial charge in [-0.2, -0.15) is 0 Å². The van der Waals surface area contributed by atoms with Crippen molar-refractivity contribution in [3.05, 3.63) is 36.5 Å². The fourth-order valence-corrected chi connectivity index (χ4v) is 9.67. The van der Waals surface area contributed by atoms with Crippen molar-refractivity contribution in [2.24, 2.45) is 11.8 Å². The lowest BCUT2D eigenvalue weighted by atomic mass is 9.84. The van der Waals surface area contributed by atoms with E-state index in [1.165, 1.54) is 38.2 Å². The Labute approximate surface area is 402 Å². The number of ether oxygens (including phenoxy) is 2. The number of hydrogen-bond donors (Lipinski definition) is 9. The number of esters is 2. The van der Waals surface area contributed by atoms with E-state index in [0.717, 1.165) is 69.9 Å². The van der Waals surface area contributed by atoms with Gasteiger partial charge in [-0.05, 0) is 51.4 Å². The van der Waals surface area contributed by atoms with Gasteiger partial charge < -0.3 is 54.8 Å². The topological polar surface area (TPSA) is 314 Å². The largest absolute Gasteiger partial charge is 0.472 e. The molecule has 2 aliphatic rings. The monoisotopic (exact) mass is 1010 g/mol. The smallest absolute Gasteiger partial charge is 0.462 e. The first-order valence-corrected chi connectivity index (χ1v) is 27.7. The minimum Gasteiger partial charge on any atom is -0.462 e. The van der Waals surface area contributed by atoms with E-state index in [0.29, 0.717) is 12.8 Å². The highest BCUT2D eigenvalue weighted by atomic mass is 31.2. The summed E-state index contributed by atoms with van der Waals surface area (Å²) in [6.45, 7) is 2.47. The molecule has 1 saturated carbocycles. The van der Waals surface area contributed by atoms with Gasteiger partial charge in [0.15, 0.2) is 6.10 Å². The number of phosphoric acid groups is 2. The molecule has 0 amide bonds. The number of aliphatic hydroxyl groups excluding tert-OH is 6. The molecule has 9 N–H and O–H groups in total. The number of cyclic esters (lactones) is 1. The number of carbonyl (C=O) groups is 3. The second-order valence-corrected chi connectivity index (χ2v) is 20.5. The molecule has 0 radical (unpaired) electrons. The van der Waals surface area contributed by atoms with E-state index in [2.05, 4.69) is 19.1 Å². The predicted octanol–water partition coefficient (Wildman–Crippen LogP) is 6.10. The number of aliphatic hydroxyl groups is 6. The Kier molecular flexibility index (Phi) is 31.2. The van der Waals surface area contributed by atoms with Gasteiger partial charge >= 0.3 is 27.6 Å². The van der Waals surface area contributed by atoms with E-state index in [1.54, 1.807) is 6.08 Å². The molecular formula is C47H82O19P2. The Hall–Kier alpha value is -2.19. The van der Waals surface area contributed by atoms with Crippen LogP contribution in [0.25, 0.3) is 0 Å². The Morgan fingerprint density at radius 3 is 2.15 bits per heavy atom. The van der Waals surface area contributed by atoms with Crippen molar-refractivity contribution in [2.45, 2.75) is 216 Å². The van der Waals surface area contributed by atoms with Gasteiger partial charge in [-0.3, -0.25) is 28.0 Å². The fraction of sp³-hybridized carbons (Fsp3) is 0.809. The number of unbranched alkanes of at least 4 members (excludes halogenated alkanes) is 13. The number of allylic oxidation sites excluding steroid dienone is 4. The Bertz CT molecular complexity index is 1620. The molecule has 1 aliphatic carbocycles. The Morgan fingerprint density at radius 2 is 1.51 bits per heavy atom. The maximum Gasteiger partial charge on any atom is 0.472 e. The average Bonchev–Trinajstić information content (AvgIpc) is 3.28. The molecule has 394 valence electrons. The van der Waals surface area contributed by atoms with E-state index in [-0.39, 0.29) is 38.5 Å². The van der Waals surface area contributed by atoms with Crippen molar-refractivity contribution in [1.82, 2.24) is 0 Å². The van der Waals surface area contributed by atoms with Crippen molar-refractivity contribution in [3.63, 3.8) is 0 Å². The average molecular weight is 1010 g/mol. The normalized spacial score (nSPS) is 30.8. The molecule has 0 aromatic carbocycles. The van der Waals surface area contributed by atoms with Crippen LogP contribution in [0, 0.1) is 11.8 Å².